The first-order chi connectivity index (χ1) is 24.8. The molecule has 0 saturated carbocycles. The topological polar surface area (TPSA) is 78.6 Å². The molecule has 4 N–H and O–H groups in total. The van der Waals surface area contributed by atoms with Gasteiger partial charge in [-0.15, -0.1) is 0 Å². The average molecular weight is 733 g/mol. The minimum Gasteiger partial charge on any atom is -0.400 e. The highest BCUT2D eigenvalue weighted by molar-refractivity contribution is 7.97. The monoisotopic (exact) mass is 732 g/mol. The maximum absolute atomic E-state index is 12.4. The molecule has 10 heteroatoms. The Morgan fingerprint density at radius 3 is 2.27 bits per heavy atom. The Kier molecular flexibility index (Phi) is 9.36. The van der Waals surface area contributed by atoms with E-state index in [9.17, 15) is 4.79 Å². The van der Waals surface area contributed by atoms with Crippen LogP contribution >= 0.6 is 31.6 Å². The number of nitrogens with two attached hydrogens (primary N) is 1. The third-order valence-electron chi connectivity index (χ3n) is 10.7. The van der Waals surface area contributed by atoms with Crippen molar-refractivity contribution in [3.63, 3.8) is 0 Å². The zero-order valence-corrected chi connectivity index (χ0v) is 31.3. The van der Waals surface area contributed by atoms with Gasteiger partial charge >= 0.3 is 0 Å². The van der Waals surface area contributed by atoms with E-state index in [0.29, 0.717) is 10.7 Å². The van der Waals surface area contributed by atoms with Crippen LogP contribution in [0.25, 0.3) is 22.4 Å². The van der Waals surface area contributed by atoms with Gasteiger partial charge in [-0.1, -0.05) is 60.1 Å². The van der Waals surface area contributed by atoms with Crippen LogP contribution in [-0.2, 0) is 7.05 Å². The lowest BCUT2D eigenvalue weighted by Crippen LogP contribution is -2.46. The second-order valence-electron chi connectivity index (χ2n) is 13.6. The van der Waals surface area contributed by atoms with Crippen molar-refractivity contribution in [2.75, 3.05) is 41.1 Å². The number of fused-ring (bicyclic) bond motifs is 2. The van der Waals surface area contributed by atoms with Crippen LogP contribution in [0.4, 0.5) is 17.1 Å². The lowest BCUT2D eigenvalue weighted by molar-refractivity contribution is 0.112. The van der Waals surface area contributed by atoms with Crippen LogP contribution in [-0.4, -0.2) is 48.0 Å². The highest BCUT2D eigenvalue weighted by atomic mass is 35.5. The van der Waals surface area contributed by atoms with Crippen molar-refractivity contribution in [1.82, 2.24) is 9.29 Å². The Balaban J connectivity index is 0.941. The number of hydrogen-bond acceptors (Lipinski definition) is 7. The van der Waals surface area contributed by atoms with Crippen molar-refractivity contribution < 1.29 is 4.79 Å². The second kappa shape index (κ2) is 14.1. The summed E-state index contributed by atoms with van der Waals surface area (Å²) in [6, 6.07) is 35.9. The van der Waals surface area contributed by atoms with Crippen molar-refractivity contribution >= 4 is 55.0 Å². The minimum atomic E-state index is -0.595. The summed E-state index contributed by atoms with van der Waals surface area (Å²) in [5.41, 5.74) is 17.4. The Labute approximate surface area is 310 Å². The first-order valence-corrected chi connectivity index (χ1v) is 20.1. The van der Waals surface area contributed by atoms with Crippen LogP contribution < -0.4 is 25.3 Å². The summed E-state index contributed by atoms with van der Waals surface area (Å²) in [6.07, 6.45) is 5.48. The number of nitrogens with one attached hydrogen (secondary N) is 2. The summed E-state index contributed by atoms with van der Waals surface area (Å²) < 4.78 is 5.90. The van der Waals surface area contributed by atoms with Gasteiger partial charge in [-0.25, -0.2) is 4.72 Å². The first kappa shape index (κ1) is 33.9. The predicted molar refractivity (Wildman–Crippen MR) is 216 cm³/mol. The average Bonchev–Trinajstić information content (AvgIpc) is 3.74. The van der Waals surface area contributed by atoms with Crippen LogP contribution in [0.1, 0.15) is 28.9 Å². The molecule has 0 spiro atoms. The number of halogens is 1. The molecular weight excluding hydrogens is 691 g/mol. The van der Waals surface area contributed by atoms with Crippen molar-refractivity contribution in [3.8, 4) is 22.4 Å². The molecule has 0 aliphatic carbocycles. The molecule has 2 unspecified atom stereocenters. The van der Waals surface area contributed by atoms with Crippen molar-refractivity contribution in [3.05, 3.63) is 131 Å². The molecular formula is C41H42ClN6OPS. The van der Waals surface area contributed by atoms with Gasteiger partial charge in [0.25, 0.3) is 0 Å². The highest BCUT2D eigenvalue weighted by Gasteiger charge is 2.54. The normalized spacial score (nSPS) is 21.2. The van der Waals surface area contributed by atoms with E-state index < -0.39 is 8.07 Å². The number of allylic oxidation sites excluding steroid dienone is 1. The van der Waals surface area contributed by atoms with Crippen LogP contribution in [0.15, 0.2) is 120 Å². The third kappa shape index (κ3) is 6.33. The lowest BCUT2D eigenvalue weighted by Gasteiger charge is -2.38. The van der Waals surface area contributed by atoms with E-state index in [0.717, 1.165) is 90.3 Å². The van der Waals surface area contributed by atoms with Gasteiger partial charge in [-0.2, -0.15) is 0 Å². The van der Waals surface area contributed by atoms with Crippen molar-refractivity contribution in [1.29, 1.82) is 0 Å². The van der Waals surface area contributed by atoms with Gasteiger partial charge in [0, 0.05) is 96.5 Å². The standard InChI is InChI=1S/C41H42ClN6OPS/c1-28-37(27-49)39(40(46(28)2)29-11-13-31(42)14-12-29)30-7-6-8-34(25-30)48-23-21-47(22-24-48)33-17-15-32(16-18-33)44-50-35-19-20-41(50,38(43)26-35)45-51-36-9-4-3-5-10-36/h3-18,25-27,35,44-45H,19-24,43H2,1-2H3/t35?,41-,50?/m1/s1. The number of hydrogen-bond donors (Lipinski definition) is 3. The minimum absolute atomic E-state index is 0.196. The molecule has 2 saturated heterocycles. The quantitative estimate of drug-likeness (QED) is 0.0751. The van der Waals surface area contributed by atoms with Gasteiger partial charge in [0.2, 0.25) is 0 Å². The van der Waals surface area contributed by atoms with E-state index >= 15 is 0 Å². The van der Waals surface area contributed by atoms with Crippen LogP contribution in [0.5, 0.6) is 0 Å². The molecule has 8 rings (SSSR count). The Morgan fingerprint density at radius 2 is 1.59 bits per heavy atom. The number of anilines is 3. The molecule has 1 aromatic heterocycles. The van der Waals surface area contributed by atoms with E-state index in [1.165, 1.54) is 16.3 Å². The van der Waals surface area contributed by atoms with Crippen LogP contribution in [0.2, 0.25) is 5.02 Å². The number of carbonyl (C=O) groups excluding carboxylic acids is 1. The SMILES string of the molecule is Cc1c(C=O)c(-c2cccc(N3CCN(c4ccc(NP5C6C=C(N)[C@@]5(NSc5ccccc5)CC6)cc4)CC3)c2)c(-c2ccc(Cl)cc2)n1C. The molecule has 4 aromatic carbocycles. The number of rotatable bonds is 10. The summed E-state index contributed by atoms with van der Waals surface area (Å²) >= 11 is 7.90. The maximum Gasteiger partial charge on any atom is 0.152 e. The van der Waals surface area contributed by atoms with Crippen LogP contribution in [0.3, 0.4) is 0 Å². The molecule has 3 aliphatic rings. The summed E-state index contributed by atoms with van der Waals surface area (Å²) in [5, 5.41) is 4.41. The van der Waals surface area contributed by atoms with E-state index in [2.05, 4.69) is 103 Å². The number of carbonyl (C=O) groups is 1. The Hall–Kier alpha value is -4.20. The Morgan fingerprint density at radius 1 is 0.882 bits per heavy atom. The molecule has 7 nitrogen and oxygen atoms in total. The van der Waals surface area contributed by atoms with Crippen molar-refractivity contribution in [2.24, 2.45) is 12.8 Å². The molecule has 3 atom stereocenters. The lowest BCUT2D eigenvalue weighted by atomic mass is 9.97. The van der Waals surface area contributed by atoms with Crippen molar-refractivity contribution in [2.45, 2.75) is 35.6 Å². The molecule has 2 fully saturated rings. The molecule has 260 valence electrons. The third-order valence-corrected chi connectivity index (χ3v) is 15.1. The fraction of sp³-hybridized carbons (Fsp3) is 0.244. The smallest absolute Gasteiger partial charge is 0.152 e. The van der Waals surface area contributed by atoms with E-state index in [4.69, 9.17) is 17.3 Å². The van der Waals surface area contributed by atoms with E-state index in [1.807, 2.05) is 44.3 Å². The summed E-state index contributed by atoms with van der Waals surface area (Å²) in [5.74, 6) is 0. The molecule has 3 aliphatic heterocycles. The van der Waals surface area contributed by atoms with Gasteiger partial charge in [0.05, 0.1) is 5.69 Å². The summed E-state index contributed by atoms with van der Waals surface area (Å²) in [6.45, 7) is 5.68. The van der Waals surface area contributed by atoms with Crippen LogP contribution in [0, 0.1) is 6.92 Å². The number of nitrogens with zero attached hydrogens (tertiary/aromatic N) is 3. The van der Waals surface area contributed by atoms with E-state index in [1.54, 1.807) is 11.9 Å². The predicted octanol–water partition coefficient (Wildman–Crippen LogP) is 9.28. The number of benzene rings is 4. The Bertz CT molecular complexity index is 2080. The number of piperazine rings is 1. The second-order valence-corrected chi connectivity index (χ2v) is 17.3. The fourth-order valence-corrected chi connectivity index (χ4v) is 12.0. The summed E-state index contributed by atoms with van der Waals surface area (Å²) in [7, 11) is 1.43. The molecule has 51 heavy (non-hydrogen) atoms. The number of aldehydes is 1. The molecule has 2 bridgehead atoms. The molecule has 0 radical (unpaired) electrons. The van der Waals surface area contributed by atoms with Gasteiger partial charge in [0.1, 0.15) is 5.28 Å². The maximum atomic E-state index is 12.4. The molecule has 5 aromatic rings. The molecule has 4 heterocycles. The zero-order chi connectivity index (χ0) is 35.1. The fourth-order valence-electron chi connectivity index (χ4n) is 7.82. The van der Waals surface area contributed by atoms with Gasteiger partial charge in [-0.05, 0) is 104 Å². The van der Waals surface area contributed by atoms with Gasteiger partial charge in [0.15, 0.2) is 6.29 Å². The number of aromatic nitrogens is 1. The summed E-state index contributed by atoms with van der Waals surface area (Å²) in [4.78, 5) is 18.5. The highest BCUT2D eigenvalue weighted by Crippen LogP contribution is 2.68. The first-order valence-electron chi connectivity index (χ1n) is 17.5. The van der Waals surface area contributed by atoms with Gasteiger partial charge in [-0.3, -0.25) is 4.79 Å². The molecule has 0 amide bonds. The zero-order valence-electron chi connectivity index (χ0n) is 28.9. The van der Waals surface area contributed by atoms with Gasteiger partial charge < -0.3 is 25.2 Å². The van der Waals surface area contributed by atoms with E-state index in [-0.39, 0.29) is 5.28 Å². The largest absolute Gasteiger partial charge is 0.400 e.